The van der Waals surface area contributed by atoms with Gasteiger partial charge in [-0.1, -0.05) is 0 Å². The molecule has 0 bridgehead atoms. The first-order valence-corrected chi connectivity index (χ1v) is 9.83. The number of amides is 1. The number of ether oxygens (including phenoxy) is 1. The molecule has 2 fully saturated rings. The number of hydrogen-bond donors (Lipinski definition) is 1. The summed E-state index contributed by atoms with van der Waals surface area (Å²) >= 11 is 0. The van der Waals surface area contributed by atoms with E-state index in [1.165, 1.54) is 0 Å². The second-order valence-corrected chi connectivity index (χ2v) is 7.18. The zero-order chi connectivity index (χ0) is 19.3. The first-order valence-electron chi connectivity index (χ1n) is 9.83. The van der Waals surface area contributed by atoms with Gasteiger partial charge in [0, 0.05) is 38.3 Å². The Kier molecular flexibility index (Phi) is 5.82. The van der Waals surface area contributed by atoms with Crippen LogP contribution in [0.3, 0.4) is 0 Å². The van der Waals surface area contributed by atoms with Crippen LogP contribution in [0.15, 0.2) is 24.7 Å². The van der Waals surface area contributed by atoms with Crippen molar-refractivity contribution >= 4 is 11.7 Å². The van der Waals surface area contributed by atoms with Crippen LogP contribution in [0.2, 0.25) is 0 Å². The Morgan fingerprint density at radius 1 is 1.25 bits per heavy atom. The van der Waals surface area contributed by atoms with Crippen molar-refractivity contribution in [2.24, 2.45) is 0 Å². The zero-order valence-corrected chi connectivity index (χ0v) is 15.9. The average Bonchev–Trinajstić information content (AvgIpc) is 3.23. The fourth-order valence-electron chi connectivity index (χ4n) is 3.79. The number of anilines is 1. The molecule has 0 radical (unpaired) electrons. The van der Waals surface area contributed by atoms with Crippen molar-refractivity contribution in [2.75, 3.05) is 50.9 Å². The summed E-state index contributed by atoms with van der Waals surface area (Å²) in [6, 6.07) is 2.02. The van der Waals surface area contributed by atoms with Crippen LogP contribution in [0, 0.1) is 0 Å². The van der Waals surface area contributed by atoms with Crippen molar-refractivity contribution in [1.29, 1.82) is 0 Å². The number of hydrogen-bond acceptors (Lipinski definition) is 7. The average molecular weight is 386 g/mol. The zero-order valence-electron chi connectivity index (χ0n) is 15.9. The molecule has 0 saturated carbocycles. The van der Waals surface area contributed by atoms with Crippen LogP contribution in [0.4, 0.5) is 5.82 Å². The van der Waals surface area contributed by atoms with Gasteiger partial charge in [0.15, 0.2) is 0 Å². The molecule has 150 valence electrons. The summed E-state index contributed by atoms with van der Waals surface area (Å²) < 4.78 is 7.09. The molecule has 4 heterocycles. The molecular formula is C19H26N6O3. The van der Waals surface area contributed by atoms with Crippen LogP contribution >= 0.6 is 0 Å². The first kappa shape index (κ1) is 18.8. The van der Waals surface area contributed by atoms with Crippen molar-refractivity contribution in [3.63, 3.8) is 0 Å². The highest BCUT2D eigenvalue weighted by Gasteiger charge is 2.26. The molecule has 2 aromatic heterocycles. The number of piperidine rings is 1. The molecule has 2 saturated heterocycles. The van der Waals surface area contributed by atoms with Crippen LogP contribution in [-0.2, 0) is 11.3 Å². The highest BCUT2D eigenvalue weighted by Crippen LogP contribution is 2.28. The summed E-state index contributed by atoms with van der Waals surface area (Å²) in [6.07, 6.45) is 7.27. The van der Waals surface area contributed by atoms with Crippen molar-refractivity contribution in [2.45, 2.75) is 25.3 Å². The van der Waals surface area contributed by atoms with Gasteiger partial charge in [0.25, 0.3) is 5.91 Å². The summed E-state index contributed by atoms with van der Waals surface area (Å²) in [4.78, 5) is 25.5. The monoisotopic (exact) mass is 386 g/mol. The quantitative estimate of drug-likeness (QED) is 0.800. The Morgan fingerprint density at radius 2 is 2.11 bits per heavy atom. The van der Waals surface area contributed by atoms with Crippen LogP contribution in [0.25, 0.3) is 0 Å². The lowest BCUT2D eigenvalue weighted by molar-refractivity contribution is 0.0298. The maximum absolute atomic E-state index is 12.7. The maximum Gasteiger partial charge on any atom is 0.274 e. The van der Waals surface area contributed by atoms with Crippen LogP contribution in [-0.4, -0.2) is 81.7 Å². The largest absolute Gasteiger partial charge is 0.394 e. The SMILES string of the molecule is O=C(c1cncc(N2CCC[C@H](c3ccn(CCO)n3)C2)n1)N1CCOCC1. The molecule has 1 atom stereocenters. The highest BCUT2D eigenvalue weighted by molar-refractivity contribution is 5.92. The summed E-state index contributed by atoms with van der Waals surface area (Å²) in [7, 11) is 0. The van der Waals surface area contributed by atoms with Gasteiger partial charge in [-0.05, 0) is 18.9 Å². The van der Waals surface area contributed by atoms with Gasteiger partial charge in [-0.2, -0.15) is 5.10 Å². The molecule has 2 aliphatic rings. The molecule has 0 aromatic carbocycles. The van der Waals surface area contributed by atoms with E-state index in [-0.39, 0.29) is 12.5 Å². The number of aromatic nitrogens is 4. The summed E-state index contributed by atoms with van der Waals surface area (Å²) in [5.41, 5.74) is 1.42. The van der Waals surface area contributed by atoms with Gasteiger partial charge in [-0.3, -0.25) is 14.5 Å². The lowest BCUT2D eigenvalue weighted by Crippen LogP contribution is -2.41. The third-order valence-corrected chi connectivity index (χ3v) is 5.29. The van der Waals surface area contributed by atoms with Gasteiger partial charge < -0.3 is 19.6 Å². The number of rotatable bonds is 5. The lowest BCUT2D eigenvalue weighted by atomic mass is 9.95. The molecule has 28 heavy (non-hydrogen) atoms. The Hall–Kier alpha value is -2.52. The fourth-order valence-corrected chi connectivity index (χ4v) is 3.79. The van der Waals surface area contributed by atoms with Gasteiger partial charge in [-0.15, -0.1) is 0 Å². The minimum Gasteiger partial charge on any atom is -0.394 e. The molecule has 2 aromatic rings. The molecule has 0 aliphatic carbocycles. The van der Waals surface area contributed by atoms with E-state index in [9.17, 15) is 4.79 Å². The van der Waals surface area contributed by atoms with E-state index in [4.69, 9.17) is 9.84 Å². The first-order chi connectivity index (χ1) is 13.7. The van der Waals surface area contributed by atoms with Crippen molar-refractivity contribution < 1.29 is 14.6 Å². The van der Waals surface area contributed by atoms with Gasteiger partial charge >= 0.3 is 0 Å². The summed E-state index contributed by atoms with van der Waals surface area (Å²) in [5.74, 6) is 0.946. The van der Waals surface area contributed by atoms with Gasteiger partial charge in [-0.25, -0.2) is 4.98 Å². The fraction of sp³-hybridized carbons (Fsp3) is 0.579. The highest BCUT2D eigenvalue weighted by atomic mass is 16.5. The van der Waals surface area contributed by atoms with E-state index >= 15 is 0 Å². The van der Waals surface area contributed by atoms with Crippen LogP contribution in [0.1, 0.15) is 34.9 Å². The predicted octanol–water partition coefficient (Wildman–Crippen LogP) is 0.522. The van der Waals surface area contributed by atoms with E-state index in [1.54, 1.807) is 22.0 Å². The molecule has 1 amide bonds. The Bertz CT molecular complexity index is 804. The second-order valence-electron chi connectivity index (χ2n) is 7.18. The summed E-state index contributed by atoms with van der Waals surface area (Å²) in [6.45, 7) is 4.58. The van der Waals surface area contributed by atoms with Crippen molar-refractivity contribution in [1.82, 2.24) is 24.6 Å². The Morgan fingerprint density at radius 3 is 2.93 bits per heavy atom. The maximum atomic E-state index is 12.7. The third kappa shape index (κ3) is 4.15. The minimum absolute atomic E-state index is 0.0808. The number of morpholine rings is 1. The van der Waals surface area contributed by atoms with Crippen molar-refractivity contribution in [3.8, 4) is 0 Å². The van der Waals surface area contributed by atoms with E-state index < -0.39 is 0 Å². The normalized spacial score (nSPS) is 20.4. The Balaban J connectivity index is 1.46. The van der Waals surface area contributed by atoms with Gasteiger partial charge in [0.05, 0.1) is 44.5 Å². The van der Waals surface area contributed by atoms with E-state index in [0.717, 1.165) is 37.4 Å². The van der Waals surface area contributed by atoms with Crippen molar-refractivity contribution in [3.05, 3.63) is 36.0 Å². The van der Waals surface area contributed by atoms with Crippen LogP contribution in [0.5, 0.6) is 0 Å². The number of carbonyl (C=O) groups is 1. The summed E-state index contributed by atoms with van der Waals surface area (Å²) in [5, 5.41) is 13.7. The predicted molar refractivity (Wildman–Crippen MR) is 102 cm³/mol. The second kappa shape index (κ2) is 8.66. The molecule has 4 rings (SSSR count). The number of carbonyl (C=O) groups excluding carboxylic acids is 1. The van der Waals surface area contributed by atoms with Gasteiger partial charge in [0.2, 0.25) is 0 Å². The Labute approximate surface area is 163 Å². The number of aliphatic hydroxyl groups excluding tert-OH is 1. The standard InChI is InChI=1S/C19H26N6O3/c26-9-6-25-5-3-16(22-25)15-2-1-4-24(14-15)18-13-20-12-17(21-18)19(27)23-7-10-28-11-8-23/h3,5,12-13,15,26H,1-2,4,6-11,14H2/t15-/m0/s1. The number of nitrogens with zero attached hydrogens (tertiary/aromatic N) is 6. The molecule has 0 unspecified atom stereocenters. The smallest absolute Gasteiger partial charge is 0.274 e. The van der Waals surface area contributed by atoms with Crippen LogP contribution < -0.4 is 4.90 Å². The molecule has 2 aliphatic heterocycles. The minimum atomic E-state index is -0.0889. The number of aliphatic hydroxyl groups is 1. The molecule has 9 nitrogen and oxygen atoms in total. The topological polar surface area (TPSA) is 96.6 Å². The van der Waals surface area contributed by atoms with E-state index in [1.807, 2.05) is 12.3 Å². The van der Waals surface area contributed by atoms with Gasteiger partial charge in [0.1, 0.15) is 11.5 Å². The van der Waals surface area contributed by atoms with E-state index in [0.29, 0.717) is 44.5 Å². The molecule has 1 N–H and O–H groups in total. The lowest BCUT2D eigenvalue weighted by Gasteiger charge is -2.33. The molecular weight excluding hydrogens is 360 g/mol. The van der Waals surface area contributed by atoms with E-state index in [2.05, 4.69) is 20.0 Å². The third-order valence-electron chi connectivity index (χ3n) is 5.29. The molecule has 0 spiro atoms. The molecule has 9 heteroatoms.